The number of nitrogens with one attached hydrogen (secondary N) is 1. The van der Waals surface area contributed by atoms with E-state index in [0.29, 0.717) is 12.5 Å². The molecular formula is C15H29N3O. The molecule has 0 spiro atoms. The lowest BCUT2D eigenvalue weighted by molar-refractivity contribution is -0.131. The van der Waals surface area contributed by atoms with Crippen LogP contribution in [0, 0.1) is 5.92 Å². The van der Waals surface area contributed by atoms with Crippen molar-refractivity contribution in [1.82, 2.24) is 15.1 Å². The van der Waals surface area contributed by atoms with Crippen LogP contribution in [0.25, 0.3) is 0 Å². The minimum absolute atomic E-state index is 0.295. The highest BCUT2D eigenvalue weighted by Crippen LogP contribution is 2.18. The molecule has 0 aliphatic carbocycles. The Labute approximate surface area is 117 Å². The van der Waals surface area contributed by atoms with Gasteiger partial charge in [0.1, 0.15) is 0 Å². The van der Waals surface area contributed by atoms with Crippen molar-refractivity contribution in [1.29, 1.82) is 0 Å². The molecule has 19 heavy (non-hydrogen) atoms. The second-order valence-corrected chi connectivity index (χ2v) is 6.15. The molecule has 2 rings (SSSR count). The molecule has 0 aromatic heterocycles. The molecule has 0 aromatic rings. The van der Waals surface area contributed by atoms with E-state index in [4.69, 9.17) is 0 Å². The van der Waals surface area contributed by atoms with Crippen molar-refractivity contribution < 1.29 is 4.79 Å². The smallest absolute Gasteiger partial charge is 0.236 e. The normalized spacial score (nSPS) is 22.7. The third-order valence-electron chi connectivity index (χ3n) is 4.55. The molecule has 0 aromatic carbocycles. The Morgan fingerprint density at radius 3 is 2.47 bits per heavy atom. The lowest BCUT2D eigenvalue weighted by Gasteiger charge is -2.29. The number of piperidine rings is 2. The first-order chi connectivity index (χ1) is 9.25. The van der Waals surface area contributed by atoms with Crippen molar-refractivity contribution in [3.05, 3.63) is 0 Å². The molecule has 110 valence electrons. The van der Waals surface area contributed by atoms with E-state index in [0.717, 1.165) is 25.6 Å². The molecule has 4 nitrogen and oxygen atoms in total. The number of hydrogen-bond donors (Lipinski definition) is 1. The Balaban J connectivity index is 1.52. The van der Waals surface area contributed by atoms with Crippen molar-refractivity contribution in [2.75, 3.05) is 46.3 Å². The largest absolute Gasteiger partial charge is 0.342 e. The molecule has 0 saturated carbocycles. The molecule has 4 heteroatoms. The number of carbonyl (C=O) groups is 1. The summed E-state index contributed by atoms with van der Waals surface area (Å²) in [5.74, 6) is 1.15. The Morgan fingerprint density at radius 1 is 1.11 bits per heavy atom. The maximum Gasteiger partial charge on any atom is 0.236 e. The first-order valence-electron chi connectivity index (χ1n) is 7.93. The van der Waals surface area contributed by atoms with Crippen LogP contribution in [-0.2, 0) is 4.79 Å². The Kier molecular flexibility index (Phi) is 6.11. The van der Waals surface area contributed by atoms with Crippen LogP contribution in [0.15, 0.2) is 0 Å². The van der Waals surface area contributed by atoms with Gasteiger partial charge in [0, 0.05) is 13.1 Å². The molecule has 1 N–H and O–H groups in total. The number of amides is 1. The van der Waals surface area contributed by atoms with E-state index in [9.17, 15) is 4.79 Å². The van der Waals surface area contributed by atoms with Gasteiger partial charge in [-0.15, -0.1) is 0 Å². The summed E-state index contributed by atoms with van der Waals surface area (Å²) < 4.78 is 0. The molecule has 0 atom stereocenters. The van der Waals surface area contributed by atoms with Crippen LogP contribution in [0.1, 0.15) is 38.5 Å². The minimum Gasteiger partial charge on any atom is -0.342 e. The molecule has 2 saturated heterocycles. The van der Waals surface area contributed by atoms with Gasteiger partial charge in [0.2, 0.25) is 5.91 Å². The molecule has 2 aliphatic heterocycles. The molecule has 0 radical (unpaired) electrons. The number of carbonyl (C=O) groups excluding carboxylic acids is 1. The minimum atomic E-state index is 0.295. The summed E-state index contributed by atoms with van der Waals surface area (Å²) in [7, 11) is 2.20. The fourth-order valence-corrected chi connectivity index (χ4v) is 3.11. The lowest BCUT2D eigenvalue weighted by Crippen LogP contribution is -2.41. The Bertz CT molecular complexity index is 269. The number of hydrogen-bond acceptors (Lipinski definition) is 3. The van der Waals surface area contributed by atoms with Crippen molar-refractivity contribution in [3.8, 4) is 0 Å². The standard InChI is InChI=1S/C15H29N3O/c1-17-11-6-14(7-12-17)5-8-16-13-15(19)18-9-3-2-4-10-18/h14,16H,2-13H2,1H3. The van der Waals surface area contributed by atoms with Gasteiger partial charge in [0.05, 0.1) is 6.54 Å². The molecule has 0 unspecified atom stereocenters. The average Bonchev–Trinajstić information content (AvgIpc) is 2.46. The fourth-order valence-electron chi connectivity index (χ4n) is 3.11. The van der Waals surface area contributed by atoms with Gasteiger partial charge in [0.15, 0.2) is 0 Å². The predicted octanol–water partition coefficient (Wildman–Crippen LogP) is 1.32. The summed E-state index contributed by atoms with van der Waals surface area (Å²) in [5.41, 5.74) is 0. The monoisotopic (exact) mass is 267 g/mol. The van der Waals surface area contributed by atoms with E-state index in [1.807, 2.05) is 4.90 Å². The summed E-state index contributed by atoms with van der Waals surface area (Å²) in [6.45, 7) is 5.93. The quantitative estimate of drug-likeness (QED) is 0.763. The van der Waals surface area contributed by atoms with Gasteiger partial charge in [-0.2, -0.15) is 0 Å². The number of likely N-dealkylation sites (tertiary alicyclic amines) is 2. The average molecular weight is 267 g/mol. The Hall–Kier alpha value is -0.610. The molecular weight excluding hydrogens is 238 g/mol. The van der Waals surface area contributed by atoms with Crippen LogP contribution in [0.5, 0.6) is 0 Å². The van der Waals surface area contributed by atoms with E-state index < -0.39 is 0 Å². The molecule has 1 amide bonds. The highest BCUT2D eigenvalue weighted by Gasteiger charge is 2.17. The zero-order valence-electron chi connectivity index (χ0n) is 12.4. The fraction of sp³-hybridized carbons (Fsp3) is 0.933. The highest BCUT2D eigenvalue weighted by atomic mass is 16.2. The second kappa shape index (κ2) is 7.85. The summed E-state index contributed by atoms with van der Waals surface area (Å²) in [6.07, 6.45) is 7.51. The van der Waals surface area contributed by atoms with E-state index in [2.05, 4.69) is 17.3 Å². The van der Waals surface area contributed by atoms with Crippen LogP contribution in [0.4, 0.5) is 0 Å². The van der Waals surface area contributed by atoms with Crippen molar-refractivity contribution in [2.45, 2.75) is 38.5 Å². The first kappa shape index (κ1) is 14.8. The van der Waals surface area contributed by atoms with E-state index >= 15 is 0 Å². The summed E-state index contributed by atoms with van der Waals surface area (Å²) >= 11 is 0. The van der Waals surface area contributed by atoms with E-state index in [-0.39, 0.29) is 0 Å². The number of nitrogens with zero attached hydrogens (tertiary/aromatic N) is 2. The molecule has 2 heterocycles. The zero-order chi connectivity index (χ0) is 13.5. The first-order valence-corrected chi connectivity index (χ1v) is 7.93. The number of rotatable bonds is 5. The lowest BCUT2D eigenvalue weighted by atomic mass is 9.94. The topological polar surface area (TPSA) is 35.6 Å². The molecule has 2 fully saturated rings. The van der Waals surface area contributed by atoms with Crippen molar-refractivity contribution in [3.63, 3.8) is 0 Å². The van der Waals surface area contributed by atoms with E-state index in [1.165, 1.54) is 51.6 Å². The van der Waals surface area contributed by atoms with Gasteiger partial charge in [-0.3, -0.25) is 4.79 Å². The van der Waals surface area contributed by atoms with Crippen LogP contribution < -0.4 is 5.32 Å². The van der Waals surface area contributed by atoms with Gasteiger partial charge < -0.3 is 15.1 Å². The van der Waals surface area contributed by atoms with Gasteiger partial charge in [0.25, 0.3) is 0 Å². The van der Waals surface area contributed by atoms with Crippen molar-refractivity contribution in [2.24, 2.45) is 5.92 Å². The summed E-state index contributed by atoms with van der Waals surface area (Å²) in [4.78, 5) is 16.4. The highest BCUT2D eigenvalue weighted by molar-refractivity contribution is 5.78. The Morgan fingerprint density at radius 2 is 1.79 bits per heavy atom. The zero-order valence-corrected chi connectivity index (χ0v) is 12.4. The van der Waals surface area contributed by atoms with Gasteiger partial charge in [-0.05, 0) is 71.1 Å². The third-order valence-corrected chi connectivity index (χ3v) is 4.55. The van der Waals surface area contributed by atoms with Gasteiger partial charge in [-0.1, -0.05) is 0 Å². The second-order valence-electron chi connectivity index (χ2n) is 6.15. The molecule has 0 bridgehead atoms. The van der Waals surface area contributed by atoms with Gasteiger partial charge in [-0.25, -0.2) is 0 Å². The SMILES string of the molecule is CN1CCC(CCNCC(=O)N2CCCCC2)CC1. The maximum absolute atomic E-state index is 11.9. The van der Waals surface area contributed by atoms with Crippen molar-refractivity contribution >= 4 is 5.91 Å². The van der Waals surface area contributed by atoms with Crippen LogP contribution in [-0.4, -0.2) is 62.0 Å². The van der Waals surface area contributed by atoms with Crippen LogP contribution >= 0.6 is 0 Å². The predicted molar refractivity (Wildman–Crippen MR) is 78.1 cm³/mol. The summed E-state index contributed by atoms with van der Waals surface area (Å²) in [5, 5.41) is 3.34. The molecule has 2 aliphatic rings. The van der Waals surface area contributed by atoms with E-state index in [1.54, 1.807) is 0 Å². The van der Waals surface area contributed by atoms with Crippen LogP contribution in [0.2, 0.25) is 0 Å². The maximum atomic E-state index is 11.9. The third kappa shape index (κ3) is 5.11. The van der Waals surface area contributed by atoms with Gasteiger partial charge >= 0.3 is 0 Å². The summed E-state index contributed by atoms with van der Waals surface area (Å²) in [6, 6.07) is 0. The van der Waals surface area contributed by atoms with Crippen LogP contribution in [0.3, 0.4) is 0 Å².